The highest BCUT2D eigenvalue weighted by Gasteiger charge is 2.22. The summed E-state index contributed by atoms with van der Waals surface area (Å²) in [5.74, 6) is -1.42. The van der Waals surface area contributed by atoms with Crippen LogP contribution in [0.1, 0.15) is 33.5 Å². The summed E-state index contributed by atoms with van der Waals surface area (Å²) in [5, 5.41) is 8.98. The predicted octanol–water partition coefficient (Wildman–Crippen LogP) is 2.22. The molecule has 0 radical (unpaired) electrons. The number of esters is 1. The number of pyridine rings is 1. The lowest BCUT2D eigenvalue weighted by molar-refractivity contribution is -0.138. The third-order valence-corrected chi connectivity index (χ3v) is 5.28. The Labute approximate surface area is 177 Å². The fraction of sp³-hybridized carbons (Fsp3) is 0.350. The van der Waals surface area contributed by atoms with Crippen molar-refractivity contribution in [2.75, 3.05) is 19.7 Å². The largest absolute Gasteiger partial charge is 0.452 e. The van der Waals surface area contributed by atoms with Crippen molar-refractivity contribution in [1.29, 1.82) is 0 Å². The molecule has 0 unspecified atom stereocenters. The molecule has 2 amide bonds. The summed E-state index contributed by atoms with van der Waals surface area (Å²) in [6, 6.07) is 5.39. The van der Waals surface area contributed by atoms with Gasteiger partial charge in [0.1, 0.15) is 0 Å². The van der Waals surface area contributed by atoms with Crippen molar-refractivity contribution in [1.82, 2.24) is 20.4 Å². The van der Waals surface area contributed by atoms with Gasteiger partial charge in [-0.2, -0.15) is 0 Å². The zero-order valence-corrected chi connectivity index (χ0v) is 17.7. The average molecular weight is 430 g/mol. The Balaban J connectivity index is 1.57. The molecule has 158 valence electrons. The van der Waals surface area contributed by atoms with Gasteiger partial charge < -0.3 is 19.5 Å². The summed E-state index contributed by atoms with van der Waals surface area (Å²) in [6.07, 6.45) is 0. The van der Waals surface area contributed by atoms with E-state index < -0.39 is 18.5 Å². The topological polar surface area (TPSA) is 115 Å². The van der Waals surface area contributed by atoms with Gasteiger partial charge in [0.05, 0.1) is 29.7 Å². The number of likely N-dealkylation sites (N-methyl/N-ethyl adjacent to an activating group) is 1. The molecule has 10 heteroatoms. The van der Waals surface area contributed by atoms with Gasteiger partial charge in [-0.25, -0.2) is 9.78 Å². The van der Waals surface area contributed by atoms with Crippen LogP contribution in [0.15, 0.2) is 28.1 Å². The smallest absolute Gasteiger partial charge is 0.339 e. The molecule has 0 bridgehead atoms. The number of rotatable bonds is 8. The Bertz CT molecular complexity index is 1060. The SMILES string of the molecule is CCN(CC(=O)NCc1cccs1)C(=O)COC(=O)c1cc(C)nc2onc(C)c12. The number of hydrogen-bond donors (Lipinski definition) is 1. The average Bonchev–Trinajstić information content (AvgIpc) is 3.37. The van der Waals surface area contributed by atoms with Crippen molar-refractivity contribution in [3.8, 4) is 0 Å². The fourth-order valence-corrected chi connectivity index (χ4v) is 3.52. The monoisotopic (exact) mass is 430 g/mol. The van der Waals surface area contributed by atoms with Crippen molar-refractivity contribution in [2.24, 2.45) is 0 Å². The van der Waals surface area contributed by atoms with Gasteiger partial charge in [-0.1, -0.05) is 11.2 Å². The fourth-order valence-electron chi connectivity index (χ4n) is 2.88. The molecule has 3 rings (SSSR count). The first kappa shape index (κ1) is 21.4. The molecule has 0 aromatic carbocycles. The van der Waals surface area contributed by atoms with Crippen LogP contribution in [0, 0.1) is 13.8 Å². The zero-order chi connectivity index (χ0) is 21.7. The molecule has 3 aromatic heterocycles. The minimum absolute atomic E-state index is 0.109. The lowest BCUT2D eigenvalue weighted by Gasteiger charge is -2.20. The molecule has 30 heavy (non-hydrogen) atoms. The Hall–Kier alpha value is -3.27. The van der Waals surface area contributed by atoms with Gasteiger partial charge in [0.2, 0.25) is 5.91 Å². The van der Waals surface area contributed by atoms with Crippen molar-refractivity contribution < 1.29 is 23.6 Å². The Morgan fingerprint density at radius 3 is 2.80 bits per heavy atom. The highest BCUT2D eigenvalue weighted by Crippen LogP contribution is 2.22. The van der Waals surface area contributed by atoms with E-state index in [9.17, 15) is 14.4 Å². The molecule has 0 aliphatic carbocycles. The molecule has 1 N–H and O–H groups in total. The summed E-state index contributed by atoms with van der Waals surface area (Å²) in [4.78, 5) is 43.7. The van der Waals surface area contributed by atoms with Gasteiger partial charge in [0.15, 0.2) is 6.61 Å². The van der Waals surface area contributed by atoms with Crippen LogP contribution in [0.3, 0.4) is 0 Å². The summed E-state index contributed by atoms with van der Waals surface area (Å²) in [6.45, 7) is 5.30. The molecule has 3 aromatic rings. The first-order chi connectivity index (χ1) is 14.4. The summed E-state index contributed by atoms with van der Waals surface area (Å²) in [7, 11) is 0. The quantitative estimate of drug-likeness (QED) is 0.545. The lowest BCUT2D eigenvalue weighted by atomic mass is 10.1. The summed E-state index contributed by atoms with van der Waals surface area (Å²) < 4.78 is 10.3. The molecule has 0 atom stereocenters. The highest BCUT2D eigenvalue weighted by molar-refractivity contribution is 7.09. The van der Waals surface area contributed by atoms with E-state index in [1.807, 2.05) is 17.5 Å². The number of nitrogens with one attached hydrogen (secondary N) is 1. The van der Waals surface area contributed by atoms with Gasteiger partial charge in [-0.15, -0.1) is 11.3 Å². The van der Waals surface area contributed by atoms with Crippen LogP contribution < -0.4 is 5.32 Å². The number of aryl methyl sites for hydroxylation is 2. The third kappa shape index (κ3) is 5.01. The van der Waals surface area contributed by atoms with E-state index >= 15 is 0 Å². The van der Waals surface area contributed by atoms with E-state index in [-0.39, 0.29) is 23.7 Å². The number of aromatic nitrogens is 2. The minimum Gasteiger partial charge on any atom is -0.452 e. The second-order valence-corrected chi connectivity index (χ2v) is 7.63. The van der Waals surface area contributed by atoms with E-state index in [1.165, 1.54) is 4.90 Å². The number of carbonyl (C=O) groups is 3. The summed E-state index contributed by atoms with van der Waals surface area (Å²) >= 11 is 1.54. The molecular weight excluding hydrogens is 408 g/mol. The van der Waals surface area contributed by atoms with E-state index in [1.54, 1.807) is 38.2 Å². The Kier molecular flexibility index (Phi) is 6.78. The van der Waals surface area contributed by atoms with E-state index in [4.69, 9.17) is 9.26 Å². The van der Waals surface area contributed by atoms with Crippen LogP contribution in [-0.2, 0) is 20.9 Å². The predicted molar refractivity (Wildman–Crippen MR) is 110 cm³/mol. The molecular formula is C20H22N4O5S. The van der Waals surface area contributed by atoms with Crippen LogP contribution >= 0.6 is 11.3 Å². The maximum absolute atomic E-state index is 12.6. The number of amides is 2. The summed E-state index contributed by atoms with van der Waals surface area (Å²) in [5.41, 5.74) is 1.55. The molecule has 0 fully saturated rings. The van der Waals surface area contributed by atoms with Crippen molar-refractivity contribution in [3.63, 3.8) is 0 Å². The molecule has 0 aliphatic rings. The van der Waals surface area contributed by atoms with Gasteiger partial charge >= 0.3 is 5.97 Å². The van der Waals surface area contributed by atoms with Crippen LogP contribution in [0.4, 0.5) is 0 Å². The first-order valence-corrected chi connectivity index (χ1v) is 10.2. The van der Waals surface area contributed by atoms with Crippen LogP contribution in [0.2, 0.25) is 0 Å². The molecule has 3 heterocycles. The van der Waals surface area contributed by atoms with Crippen LogP contribution in [0.25, 0.3) is 11.1 Å². The number of thiophene rings is 1. The Morgan fingerprint density at radius 2 is 2.10 bits per heavy atom. The number of fused-ring (bicyclic) bond motifs is 1. The van der Waals surface area contributed by atoms with E-state index in [0.29, 0.717) is 29.9 Å². The molecule has 0 saturated carbocycles. The second kappa shape index (κ2) is 9.49. The van der Waals surface area contributed by atoms with Crippen molar-refractivity contribution in [3.05, 3.63) is 45.4 Å². The molecule has 0 saturated heterocycles. The van der Waals surface area contributed by atoms with Gasteiger partial charge in [0.25, 0.3) is 11.6 Å². The molecule has 0 aliphatic heterocycles. The van der Waals surface area contributed by atoms with Gasteiger partial charge in [-0.3, -0.25) is 9.59 Å². The van der Waals surface area contributed by atoms with Crippen LogP contribution in [0.5, 0.6) is 0 Å². The first-order valence-electron chi connectivity index (χ1n) is 9.36. The standard InChI is InChI=1S/C20H22N4O5S/c1-4-24(10-16(25)21-9-14-6-5-7-30-14)17(26)11-28-20(27)15-8-12(2)22-19-18(15)13(3)23-29-19/h5-8H,4,9-11H2,1-3H3,(H,21,25). The van der Waals surface area contributed by atoms with Crippen molar-refractivity contribution >= 4 is 40.2 Å². The molecule has 9 nitrogen and oxygen atoms in total. The maximum atomic E-state index is 12.6. The highest BCUT2D eigenvalue weighted by atomic mass is 32.1. The number of nitrogens with zero attached hydrogens (tertiary/aromatic N) is 3. The normalized spacial score (nSPS) is 10.8. The van der Waals surface area contributed by atoms with E-state index in [2.05, 4.69) is 15.5 Å². The zero-order valence-electron chi connectivity index (χ0n) is 16.9. The molecule has 0 spiro atoms. The Morgan fingerprint density at radius 1 is 1.30 bits per heavy atom. The van der Waals surface area contributed by atoms with E-state index in [0.717, 1.165) is 4.88 Å². The van der Waals surface area contributed by atoms with Crippen molar-refractivity contribution in [2.45, 2.75) is 27.3 Å². The minimum atomic E-state index is -0.677. The second-order valence-electron chi connectivity index (χ2n) is 6.60. The third-order valence-electron chi connectivity index (χ3n) is 4.40. The lowest BCUT2D eigenvalue weighted by Crippen LogP contribution is -2.42. The number of ether oxygens (including phenoxy) is 1. The number of carbonyl (C=O) groups excluding carboxylic acids is 3. The van der Waals surface area contributed by atoms with Gasteiger partial charge in [-0.05, 0) is 38.3 Å². The number of hydrogen-bond acceptors (Lipinski definition) is 8. The maximum Gasteiger partial charge on any atom is 0.339 e. The van der Waals surface area contributed by atoms with Gasteiger partial charge in [0, 0.05) is 17.1 Å². The van der Waals surface area contributed by atoms with Crippen LogP contribution in [-0.4, -0.2) is 52.5 Å².